The van der Waals surface area contributed by atoms with Gasteiger partial charge in [0.05, 0.1) is 11.2 Å². The second-order valence-corrected chi connectivity index (χ2v) is 5.75. The maximum atomic E-state index is 10.7. The summed E-state index contributed by atoms with van der Waals surface area (Å²) in [4.78, 5) is 14.1. The Balaban J connectivity index is 2.31. The predicted molar refractivity (Wildman–Crippen MR) is 71.3 cm³/mol. The predicted octanol–water partition coefficient (Wildman–Crippen LogP) is 1.60. The Morgan fingerprint density at radius 3 is 2.21 bits per heavy atom. The summed E-state index contributed by atoms with van der Waals surface area (Å²) in [7, 11) is -0.544. The first-order valence-corrected chi connectivity index (χ1v) is 6.10. The molecular formula is C12H17BN2O4. The highest BCUT2D eigenvalue weighted by Crippen LogP contribution is 2.36. The molecular weight excluding hydrogens is 247 g/mol. The van der Waals surface area contributed by atoms with Gasteiger partial charge in [-0.2, -0.15) is 0 Å². The van der Waals surface area contributed by atoms with Gasteiger partial charge >= 0.3 is 12.9 Å². The van der Waals surface area contributed by atoms with Crippen LogP contribution >= 0.6 is 0 Å². The number of nitrogens with zero attached hydrogens (tertiary/aromatic N) is 2. The first-order valence-electron chi connectivity index (χ1n) is 6.10. The van der Waals surface area contributed by atoms with Gasteiger partial charge < -0.3 is 19.4 Å². The summed E-state index contributed by atoms with van der Waals surface area (Å²) in [6, 6.07) is 1.69. The molecule has 1 aromatic rings. The van der Waals surface area contributed by atoms with E-state index < -0.39 is 23.2 Å². The molecule has 0 spiro atoms. The summed E-state index contributed by atoms with van der Waals surface area (Å²) >= 11 is 0. The first kappa shape index (κ1) is 14.0. The SMILES string of the molecule is Cc1cc(B2OC(C)(C)C(C)(C)O2)cnc1[N+](=O)[O-]. The zero-order valence-corrected chi connectivity index (χ0v) is 11.8. The van der Waals surface area contributed by atoms with E-state index in [0.29, 0.717) is 11.0 Å². The van der Waals surface area contributed by atoms with Crippen molar-refractivity contribution in [2.24, 2.45) is 0 Å². The Kier molecular flexibility index (Phi) is 3.14. The van der Waals surface area contributed by atoms with Crippen LogP contribution in [0.15, 0.2) is 12.3 Å². The maximum absolute atomic E-state index is 10.7. The highest BCUT2D eigenvalue weighted by molar-refractivity contribution is 6.62. The Bertz CT molecular complexity index is 514. The average Bonchev–Trinajstić information content (AvgIpc) is 2.47. The quantitative estimate of drug-likeness (QED) is 0.460. The van der Waals surface area contributed by atoms with E-state index >= 15 is 0 Å². The van der Waals surface area contributed by atoms with E-state index in [0.717, 1.165) is 0 Å². The molecule has 0 N–H and O–H groups in total. The monoisotopic (exact) mass is 264 g/mol. The summed E-state index contributed by atoms with van der Waals surface area (Å²) in [5.74, 6) is -0.139. The van der Waals surface area contributed by atoms with Crippen LogP contribution in [0.3, 0.4) is 0 Å². The van der Waals surface area contributed by atoms with Crippen LogP contribution in [0.2, 0.25) is 0 Å². The molecule has 0 saturated carbocycles. The van der Waals surface area contributed by atoms with Crippen LogP contribution in [0.4, 0.5) is 5.82 Å². The zero-order chi connectivity index (χ0) is 14.4. The van der Waals surface area contributed by atoms with Gasteiger partial charge in [-0.05, 0) is 50.6 Å². The van der Waals surface area contributed by atoms with Crippen LogP contribution in [0.5, 0.6) is 0 Å². The molecule has 2 heterocycles. The third kappa shape index (κ3) is 2.35. The highest BCUT2D eigenvalue weighted by Gasteiger charge is 2.52. The van der Waals surface area contributed by atoms with Gasteiger partial charge in [-0.1, -0.05) is 0 Å². The molecule has 102 valence electrons. The summed E-state index contributed by atoms with van der Waals surface area (Å²) < 4.78 is 11.7. The van der Waals surface area contributed by atoms with E-state index in [1.54, 1.807) is 13.0 Å². The van der Waals surface area contributed by atoms with Crippen molar-refractivity contribution in [3.8, 4) is 0 Å². The van der Waals surface area contributed by atoms with Gasteiger partial charge in [-0.25, -0.2) is 0 Å². The molecule has 1 aliphatic rings. The van der Waals surface area contributed by atoms with Gasteiger partial charge in [0.15, 0.2) is 0 Å². The van der Waals surface area contributed by atoms with Crippen molar-refractivity contribution < 1.29 is 14.2 Å². The van der Waals surface area contributed by atoms with Crippen LogP contribution in [0.1, 0.15) is 33.3 Å². The van der Waals surface area contributed by atoms with Gasteiger partial charge in [-0.3, -0.25) is 0 Å². The molecule has 1 aliphatic heterocycles. The van der Waals surface area contributed by atoms with E-state index in [1.807, 2.05) is 27.7 Å². The lowest BCUT2D eigenvalue weighted by atomic mass is 9.80. The third-order valence-electron chi connectivity index (χ3n) is 3.77. The molecule has 2 rings (SSSR count). The second kappa shape index (κ2) is 4.28. The molecule has 0 aliphatic carbocycles. The zero-order valence-electron chi connectivity index (χ0n) is 11.8. The van der Waals surface area contributed by atoms with Crippen molar-refractivity contribution in [1.29, 1.82) is 0 Å². The number of aromatic nitrogens is 1. The molecule has 0 bridgehead atoms. The smallest absolute Gasteiger partial charge is 0.399 e. The minimum atomic E-state index is -0.544. The Morgan fingerprint density at radius 2 is 1.79 bits per heavy atom. The summed E-state index contributed by atoms with van der Waals surface area (Å²) in [5, 5.41) is 10.7. The van der Waals surface area contributed by atoms with Gasteiger partial charge in [-0.15, -0.1) is 0 Å². The largest absolute Gasteiger partial charge is 0.498 e. The fraction of sp³-hybridized carbons (Fsp3) is 0.583. The number of rotatable bonds is 2. The highest BCUT2D eigenvalue weighted by atomic mass is 16.7. The van der Waals surface area contributed by atoms with Crippen LogP contribution < -0.4 is 5.46 Å². The van der Waals surface area contributed by atoms with Crippen LogP contribution in [-0.4, -0.2) is 28.2 Å². The molecule has 0 amide bonds. The molecule has 19 heavy (non-hydrogen) atoms. The minimum absolute atomic E-state index is 0.139. The van der Waals surface area contributed by atoms with Gasteiger partial charge in [0.2, 0.25) is 0 Å². The average molecular weight is 264 g/mol. The van der Waals surface area contributed by atoms with Crippen molar-refractivity contribution in [2.75, 3.05) is 0 Å². The van der Waals surface area contributed by atoms with Gasteiger partial charge in [0.1, 0.15) is 6.20 Å². The van der Waals surface area contributed by atoms with Crippen molar-refractivity contribution in [3.63, 3.8) is 0 Å². The maximum Gasteiger partial charge on any atom is 0.498 e. The fourth-order valence-electron chi connectivity index (χ4n) is 1.89. The lowest BCUT2D eigenvalue weighted by molar-refractivity contribution is -0.390. The Labute approximate surface area is 112 Å². The number of pyridine rings is 1. The topological polar surface area (TPSA) is 74.5 Å². The summed E-state index contributed by atoms with van der Waals surface area (Å²) in [6.07, 6.45) is 1.44. The molecule has 1 aromatic heterocycles. The molecule has 0 aromatic carbocycles. The van der Waals surface area contributed by atoms with Crippen molar-refractivity contribution in [2.45, 2.75) is 45.8 Å². The number of hydrogen-bond donors (Lipinski definition) is 0. The van der Waals surface area contributed by atoms with Gasteiger partial charge in [0.25, 0.3) is 0 Å². The lowest BCUT2D eigenvalue weighted by Crippen LogP contribution is -2.41. The minimum Gasteiger partial charge on any atom is -0.399 e. The first-order chi connectivity index (χ1) is 8.64. The number of aryl methyl sites for hydroxylation is 1. The van der Waals surface area contributed by atoms with E-state index in [1.165, 1.54) is 6.20 Å². The van der Waals surface area contributed by atoms with Crippen molar-refractivity contribution >= 4 is 18.4 Å². The van der Waals surface area contributed by atoms with Crippen LogP contribution in [0, 0.1) is 17.0 Å². The Hall–Kier alpha value is -1.47. The number of nitro groups is 1. The molecule has 0 unspecified atom stereocenters. The fourth-order valence-corrected chi connectivity index (χ4v) is 1.89. The second-order valence-electron chi connectivity index (χ2n) is 5.75. The standard InChI is InChI=1S/C12H17BN2O4/c1-8-6-9(7-14-10(8)15(16)17)13-18-11(2,3)12(4,5)19-13/h6-7H,1-5H3. The molecule has 1 saturated heterocycles. The summed E-state index contributed by atoms with van der Waals surface area (Å²) in [6.45, 7) is 9.48. The lowest BCUT2D eigenvalue weighted by Gasteiger charge is -2.32. The van der Waals surface area contributed by atoms with Crippen molar-refractivity contribution in [1.82, 2.24) is 4.98 Å². The normalized spacial score (nSPS) is 20.6. The number of hydrogen-bond acceptors (Lipinski definition) is 5. The Morgan fingerprint density at radius 1 is 1.26 bits per heavy atom. The van der Waals surface area contributed by atoms with Crippen molar-refractivity contribution in [3.05, 3.63) is 27.9 Å². The molecule has 1 fully saturated rings. The van der Waals surface area contributed by atoms with E-state index in [-0.39, 0.29) is 5.82 Å². The third-order valence-corrected chi connectivity index (χ3v) is 3.77. The van der Waals surface area contributed by atoms with Gasteiger partial charge in [0, 0.05) is 11.0 Å². The molecule has 7 heteroatoms. The van der Waals surface area contributed by atoms with Crippen LogP contribution in [0.25, 0.3) is 0 Å². The van der Waals surface area contributed by atoms with E-state index in [4.69, 9.17) is 9.31 Å². The molecule has 0 radical (unpaired) electrons. The van der Waals surface area contributed by atoms with E-state index in [2.05, 4.69) is 4.98 Å². The van der Waals surface area contributed by atoms with E-state index in [9.17, 15) is 10.1 Å². The van der Waals surface area contributed by atoms with Crippen LogP contribution in [-0.2, 0) is 9.31 Å². The molecule has 0 atom stereocenters. The summed E-state index contributed by atoms with van der Waals surface area (Å²) in [5.41, 5.74) is 0.319. The molecule has 6 nitrogen and oxygen atoms in total.